The second-order valence-electron chi connectivity index (χ2n) is 4.62. The summed E-state index contributed by atoms with van der Waals surface area (Å²) in [7, 11) is 0. The minimum Gasteiger partial charge on any atom is -0.466 e. The molecule has 0 aliphatic carbocycles. The zero-order valence-electron chi connectivity index (χ0n) is 10.8. The molecular formula is C13H16N4O2. The second kappa shape index (κ2) is 4.87. The normalized spacial score (nSPS) is 19.0. The molecule has 1 N–H and O–H groups in total. The molecule has 0 aromatic carbocycles. The molecule has 1 atom stereocenters. The van der Waals surface area contributed by atoms with E-state index in [-0.39, 0.29) is 11.9 Å². The first-order valence-electron chi connectivity index (χ1n) is 6.49. The number of nitrogens with one attached hydrogen (secondary N) is 1. The maximum atomic E-state index is 11.7. The summed E-state index contributed by atoms with van der Waals surface area (Å²) in [6, 6.07) is 1.96. The Morgan fingerprint density at radius 1 is 1.58 bits per heavy atom. The molecule has 2 aromatic heterocycles. The van der Waals surface area contributed by atoms with Gasteiger partial charge >= 0.3 is 5.97 Å². The largest absolute Gasteiger partial charge is 0.466 e. The Labute approximate surface area is 110 Å². The Bertz CT molecular complexity index is 595. The molecule has 2 aromatic rings. The van der Waals surface area contributed by atoms with E-state index in [9.17, 15) is 4.79 Å². The number of carbonyl (C=O) groups is 1. The summed E-state index contributed by atoms with van der Waals surface area (Å²) >= 11 is 0. The lowest BCUT2D eigenvalue weighted by molar-refractivity contribution is -0.147. The molecule has 0 spiro atoms. The molecule has 100 valence electrons. The van der Waals surface area contributed by atoms with Gasteiger partial charge in [0.05, 0.1) is 17.9 Å². The van der Waals surface area contributed by atoms with Crippen molar-refractivity contribution in [3.05, 3.63) is 18.6 Å². The first kappa shape index (κ1) is 12.0. The van der Waals surface area contributed by atoms with Gasteiger partial charge in [0, 0.05) is 19.3 Å². The van der Waals surface area contributed by atoms with Crippen molar-refractivity contribution in [3.63, 3.8) is 0 Å². The van der Waals surface area contributed by atoms with Crippen LogP contribution in [0.15, 0.2) is 18.6 Å². The van der Waals surface area contributed by atoms with E-state index in [4.69, 9.17) is 4.74 Å². The number of aromatic nitrogens is 3. The van der Waals surface area contributed by atoms with Gasteiger partial charge in [0.1, 0.15) is 17.8 Å². The number of anilines is 1. The number of hydrogen-bond acceptors (Lipinski definition) is 5. The third kappa shape index (κ3) is 2.14. The Morgan fingerprint density at radius 2 is 2.47 bits per heavy atom. The molecule has 0 radical (unpaired) electrons. The summed E-state index contributed by atoms with van der Waals surface area (Å²) in [5.41, 5.74) is 0.824. The third-order valence-electron chi connectivity index (χ3n) is 3.44. The zero-order chi connectivity index (χ0) is 13.2. The maximum absolute atomic E-state index is 11.7. The molecule has 1 aliphatic rings. The first-order valence-corrected chi connectivity index (χ1v) is 6.49. The number of esters is 1. The van der Waals surface area contributed by atoms with Crippen LogP contribution in [0.2, 0.25) is 0 Å². The van der Waals surface area contributed by atoms with Gasteiger partial charge in [-0.1, -0.05) is 0 Å². The number of hydrogen-bond donors (Lipinski definition) is 1. The zero-order valence-corrected chi connectivity index (χ0v) is 10.8. The summed E-state index contributed by atoms with van der Waals surface area (Å²) in [4.78, 5) is 25.5. The van der Waals surface area contributed by atoms with Gasteiger partial charge in [-0.05, 0) is 19.4 Å². The van der Waals surface area contributed by atoms with E-state index in [0.29, 0.717) is 13.2 Å². The molecular weight excluding hydrogens is 244 g/mol. The lowest BCUT2D eigenvalue weighted by Gasteiger charge is -2.17. The molecule has 19 heavy (non-hydrogen) atoms. The molecule has 1 aliphatic heterocycles. The average molecular weight is 260 g/mol. The minimum absolute atomic E-state index is 0.0519. The Morgan fingerprint density at radius 3 is 3.32 bits per heavy atom. The van der Waals surface area contributed by atoms with Gasteiger partial charge in [-0.2, -0.15) is 0 Å². The fourth-order valence-corrected chi connectivity index (χ4v) is 2.52. The maximum Gasteiger partial charge on any atom is 0.310 e. The molecule has 6 nitrogen and oxygen atoms in total. The van der Waals surface area contributed by atoms with Crippen molar-refractivity contribution in [1.82, 2.24) is 15.0 Å². The smallest absolute Gasteiger partial charge is 0.310 e. The highest BCUT2D eigenvalue weighted by molar-refractivity contribution is 5.87. The van der Waals surface area contributed by atoms with Gasteiger partial charge in [0.2, 0.25) is 0 Å². The Balaban J connectivity index is 1.81. The quantitative estimate of drug-likeness (QED) is 0.843. The van der Waals surface area contributed by atoms with E-state index in [2.05, 4.69) is 19.9 Å². The SMILES string of the molecule is CCOC(=O)C1CCN(c2ncnc3[nH]ccc23)C1. The van der Waals surface area contributed by atoms with Gasteiger partial charge in [-0.15, -0.1) is 0 Å². The Kier molecular flexibility index (Phi) is 3.06. The van der Waals surface area contributed by atoms with Crippen LogP contribution in [-0.4, -0.2) is 40.6 Å². The van der Waals surface area contributed by atoms with Crippen molar-refractivity contribution in [2.24, 2.45) is 5.92 Å². The number of fused-ring (bicyclic) bond motifs is 1. The molecule has 0 bridgehead atoms. The lowest BCUT2D eigenvalue weighted by Crippen LogP contribution is -2.25. The summed E-state index contributed by atoms with van der Waals surface area (Å²) in [5, 5.41) is 0.993. The summed E-state index contributed by atoms with van der Waals surface area (Å²) in [6.45, 7) is 3.75. The van der Waals surface area contributed by atoms with E-state index in [1.807, 2.05) is 19.2 Å². The topological polar surface area (TPSA) is 71.1 Å². The van der Waals surface area contributed by atoms with Crippen LogP contribution < -0.4 is 4.90 Å². The number of ether oxygens (including phenoxy) is 1. The van der Waals surface area contributed by atoms with Crippen LogP contribution in [0.25, 0.3) is 11.0 Å². The van der Waals surface area contributed by atoms with Crippen molar-refractivity contribution in [1.29, 1.82) is 0 Å². The van der Waals surface area contributed by atoms with Crippen molar-refractivity contribution in [3.8, 4) is 0 Å². The van der Waals surface area contributed by atoms with Gasteiger partial charge in [0.25, 0.3) is 0 Å². The number of carbonyl (C=O) groups excluding carboxylic acids is 1. The van der Waals surface area contributed by atoms with Crippen LogP contribution in [0, 0.1) is 5.92 Å². The fourth-order valence-electron chi connectivity index (χ4n) is 2.52. The van der Waals surface area contributed by atoms with E-state index in [0.717, 1.165) is 29.8 Å². The summed E-state index contributed by atoms with van der Waals surface area (Å²) in [5.74, 6) is 0.728. The number of H-pyrrole nitrogens is 1. The molecule has 6 heteroatoms. The van der Waals surface area contributed by atoms with E-state index < -0.39 is 0 Å². The van der Waals surface area contributed by atoms with E-state index in [1.54, 1.807) is 6.33 Å². The van der Waals surface area contributed by atoms with Gasteiger partial charge in [-0.25, -0.2) is 9.97 Å². The van der Waals surface area contributed by atoms with Gasteiger partial charge < -0.3 is 14.6 Å². The Hall–Kier alpha value is -2.11. The molecule has 1 saturated heterocycles. The van der Waals surface area contributed by atoms with Crippen LogP contribution in [0.3, 0.4) is 0 Å². The molecule has 3 heterocycles. The predicted molar refractivity (Wildman–Crippen MR) is 70.8 cm³/mol. The molecule has 3 rings (SSSR count). The van der Waals surface area contributed by atoms with E-state index in [1.165, 1.54) is 0 Å². The molecule has 0 saturated carbocycles. The van der Waals surface area contributed by atoms with Crippen LogP contribution in [0.5, 0.6) is 0 Å². The number of nitrogens with zero attached hydrogens (tertiary/aromatic N) is 3. The highest BCUT2D eigenvalue weighted by Gasteiger charge is 2.30. The molecule has 1 unspecified atom stereocenters. The van der Waals surface area contributed by atoms with Crippen molar-refractivity contribution >= 4 is 22.8 Å². The minimum atomic E-state index is -0.107. The standard InChI is InChI=1S/C13H16N4O2/c1-2-19-13(18)9-4-6-17(7-9)12-10-3-5-14-11(10)15-8-16-12/h3,5,8-9H,2,4,6-7H2,1H3,(H,14,15,16). The van der Waals surface area contributed by atoms with Gasteiger partial charge in [0.15, 0.2) is 0 Å². The van der Waals surface area contributed by atoms with Gasteiger partial charge in [-0.3, -0.25) is 4.79 Å². The number of aromatic amines is 1. The third-order valence-corrected chi connectivity index (χ3v) is 3.44. The average Bonchev–Trinajstić information content (AvgIpc) is 3.07. The fraction of sp³-hybridized carbons (Fsp3) is 0.462. The van der Waals surface area contributed by atoms with E-state index >= 15 is 0 Å². The van der Waals surface area contributed by atoms with Crippen LogP contribution in [0.4, 0.5) is 5.82 Å². The van der Waals surface area contributed by atoms with Crippen LogP contribution in [-0.2, 0) is 9.53 Å². The monoisotopic (exact) mass is 260 g/mol. The predicted octanol–water partition coefficient (Wildman–Crippen LogP) is 1.35. The van der Waals surface area contributed by atoms with Crippen molar-refractivity contribution in [2.45, 2.75) is 13.3 Å². The summed E-state index contributed by atoms with van der Waals surface area (Å²) in [6.07, 6.45) is 4.21. The highest BCUT2D eigenvalue weighted by atomic mass is 16.5. The number of rotatable bonds is 3. The van der Waals surface area contributed by atoms with Crippen LogP contribution >= 0.6 is 0 Å². The van der Waals surface area contributed by atoms with Crippen molar-refractivity contribution < 1.29 is 9.53 Å². The summed E-state index contributed by atoms with van der Waals surface area (Å²) < 4.78 is 5.08. The van der Waals surface area contributed by atoms with Crippen LogP contribution in [0.1, 0.15) is 13.3 Å². The molecule has 1 fully saturated rings. The first-order chi connectivity index (χ1) is 9.29. The van der Waals surface area contributed by atoms with Crippen molar-refractivity contribution in [2.75, 3.05) is 24.6 Å². The second-order valence-corrected chi connectivity index (χ2v) is 4.62. The molecule has 0 amide bonds. The highest BCUT2D eigenvalue weighted by Crippen LogP contribution is 2.27. The lowest BCUT2D eigenvalue weighted by atomic mass is 10.1.